The molecule has 0 bridgehead atoms. The van der Waals surface area contributed by atoms with E-state index in [0.717, 1.165) is 5.56 Å². The minimum atomic E-state index is -0.302. The molecule has 1 N–H and O–H groups in total. The summed E-state index contributed by atoms with van der Waals surface area (Å²) < 4.78 is 18.6. The van der Waals surface area contributed by atoms with E-state index in [9.17, 15) is 4.39 Å². The van der Waals surface area contributed by atoms with Crippen molar-refractivity contribution in [3.63, 3.8) is 0 Å². The number of nitriles is 2. The van der Waals surface area contributed by atoms with Gasteiger partial charge in [0.1, 0.15) is 30.3 Å². The Morgan fingerprint density at radius 1 is 1.14 bits per heavy atom. The summed E-state index contributed by atoms with van der Waals surface area (Å²) in [6.07, 6.45) is 0. The number of rotatable bonds is 5. The van der Waals surface area contributed by atoms with Crippen molar-refractivity contribution in [3.8, 4) is 17.9 Å². The Kier molecular flexibility index (Phi) is 5.06. The van der Waals surface area contributed by atoms with E-state index in [1.807, 2.05) is 0 Å². The smallest absolute Gasteiger partial charge is 0.237 e. The SMILES string of the molecule is N#CC(C#N)=NNc1ccc(OCc2cccc(F)c2)cc1. The van der Waals surface area contributed by atoms with E-state index < -0.39 is 0 Å². The molecule has 2 aromatic carbocycles. The number of ether oxygens (including phenoxy) is 1. The maximum absolute atomic E-state index is 13.0. The van der Waals surface area contributed by atoms with Crippen LogP contribution in [0.5, 0.6) is 5.75 Å². The predicted molar refractivity (Wildman–Crippen MR) is 79.5 cm³/mol. The molecule has 0 heterocycles. The van der Waals surface area contributed by atoms with Gasteiger partial charge in [-0.1, -0.05) is 12.1 Å². The molecular weight excluding hydrogens is 283 g/mol. The minimum Gasteiger partial charge on any atom is -0.489 e. The molecule has 2 rings (SSSR count). The van der Waals surface area contributed by atoms with Crippen LogP contribution in [0, 0.1) is 28.5 Å². The van der Waals surface area contributed by atoms with E-state index in [4.69, 9.17) is 15.3 Å². The van der Waals surface area contributed by atoms with Crippen LogP contribution >= 0.6 is 0 Å². The summed E-state index contributed by atoms with van der Waals surface area (Å²) in [4.78, 5) is 0. The zero-order valence-corrected chi connectivity index (χ0v) is 11.5. The van der Waals surface area contributed by atoms with E-state index in [1.165, 1.54) is 12.1 Å². The van der Waals surface area contributed by atoms with Gasteiger partial charge in [-0.15, -0.1) is 0 Å². The highest BCUT2D eigenvalue weighted by Crippen LogP contribution is 2.17. The normalized spacial score (nSPS) is 9.23. The predicted octanol–water partition coefficient (Wildman–Crippen LogP) is 3.22. The van der Waals surface area contributed by atoms with Crippen LogP contribution in [-0.2, 0) is 6.61 Å². The van der Waals surface area contributed by atoms with Crippen molar-refractivity contribution in [1.82, 2.24) is 0 Å². The fourth-order valence-electron chi connectivity index (χ4n) is 1.61. The van der Waals surface area contributed by atoms with E-state index >= 15 is 0 Å². The zero-order valence-electron chi connectivity index (χ0n) is 11.5. The molecule has 0 aromatic heterocycles. The van der Waals surface area contributed by atoms with Crippen LogP contribution in [0.3, 0.4) is 0 Å². The first-order valence-corrected chi connectivity index (χ1v) is 6.32. The molecule has 0 spiro atoms. The number of hydrogen-bond acceptors (Lipinski definition) is 5. The van der Waals surface area contributed by atoms with Crippen molar-refractivity contribution in [1.29, 1.82) is 10.5 Å². The first kappa shape index (κ1) is 15.0. The van der Waals surface area contributed by atoms with Crippen molar-refractivity contribution in [2.24, 2.45) is 5.10 Å². The molecule has 0 atom stereocenters. The maximum atomic E-state index is 13.0. The molecule has 22 heavy (non-hydrogen) atoms. The summed E-state index contributed by atoms with van der Waals surface area (Å²) in [7, 11) is 0. The van der Waals surface area contributed by atoms with Gasteiger partial charge in [-0.05, 0) is 42.0 Å². The molecular formula is C16H11FN4O. The highest BCUT2D eigenvalue weighted by Gasteiger charge is 1.99. The molecule has 0 saturated heterocycles. The van der Waals surface area contributed by atoms with E-state index in [2.05, 4.69) is 10.5 Å². The second-order valence-corrected chi connectivity index (χ2v) is 4.24. The molecule has 0 unspecified atom stereocenters. The zero-order chi connectivity index (χ0) is 15.8. The lowest BCUT2D eigenvalue weighted by molar-refractivity contribution is 0.305. The van der Waals surface area contributed by atoms with Gasteiger partial charge in [-0.2, -0.15) is 15.6 Å². The van der Waals surface area contributed by atoms with E-state index in [1.54, 1.807) is 48.5 Å². The summed E-state index contributed by atoms with van der Waals surface area (Å²) >= 11 is 0. The van der Waals surface area contributed by atoms with Crippen molar-refractivity contribution in [2.75, 3.05) is 5.43 Å². The molecule has 0 amide bonds. The summed E-state index contributed by atoms with van der Waals surface area (Å²) in [5, 5.41) is 20.7. The number of nitrogens with one attached hydrogen (secondary N) is 1. The first-order chi connectivity index (χ1) is 10.7. The second-order valence-electron chi connectivity index (χ2n) is 4.24. The average molecular weight is 294 g/mol. The highest BCUT2D eigenvalue weighted by atomic mass is 19.1. The Morgan fingerprint density at radius 2 is 1.86 bits per heavy atom. The van der Waals surface area contributed by atoms with Crippen LogP contribution in [-0.4, -0.2) is 5.71 Å². The summed E-state index contributed by atoms with van der Waals surface area (Å²) in [5.41, 5.74) is 3.68. The molecule has 5 nitrogen and oxygen atoms in total. The van der Waals surface area contributed by atoms with Gasteiger partial charge in [0.15, 0.2) is 0 Å². The van der Waals surface area contributed by atoms with Gasteiger partial charge in [0.25, 0.3) is 0 Å². The quantitative estimate of drug-likeness (QED) is 0.678. The molecule has 2 aromatic rings. The van der Waals surface area contributed by atoms with Gasteiger partial charge in [0, 0.05) is 0 Å². The summed E-state index contributed by atoms with van der Waals surface area (Å²) in [6, 6.07) is 16.3. The molecule has 0 aliphatic carbocycles. The third kappa shape index (κ3) is 4.32. The van der Waals surface area contributed by atoms with Crippen LogP contribution in [0.4, 0.5) is 10.1 Å². The summed E-state index contributed by atoms with van der Waals surface area (Å²) in [6.45, 7) is 0.260. The molecule has 0 aliphatic heterocycles. The fraction of sp³-hybridized carbons (Fsp3) is 0.0625. The molecule has 6 heteroatoms. The number of hydrogen-bond donors (Lipinski definition) is 1. The average Bonchev–Trinajstić information content (AvgIpc) is 2.55. The van der Waals surface area contributed by atoms with Crippen molar-refractivity contribution < 1.29 is 9.13 Å². The van der Waals surface area contributed by atoms with Crippen LogP contribution in [0.1, 0.15) is 5.56 Å². The lowest BCUT2D eigenvalue weighted by Gasteiger charge is -2.07. The highest BCUT2D eigenvalue weighted by molar-refractivity contribution is 6.10. The number of nitrogens with zero attached hydrogens (tertiary/aromatic N) is 3. The van der Waals surface area contributed by atoms with E-state index in [0.29, 0.717) is 11.4 Å². The van der Waals surface area contributed by atoms with E-state index in [-0.39, 0.29) is 18.1 Å². The Balaban J connectivity index is 1.94. The fourth-order valence-corrected chi connectivity index (χ4v) is 1.61. The maximum Gasteiger partial charge on any atom is 0.237 e. The molecule has 0 radical (unpaired) electrons. The third-order valence-electron chi connectivity index (χ3n) is 2.66. The Hall–Kier alpha value is -3.38. The van der Waals surface area contributed by atoms with Gasteiger partial charge in [0.05, 0.1) is 5.69 Å². The Bertz CT molecular complexity index is 741. The second kappa shape index (κ2) is 7.41. The van der Waals surface area contributed by atoms with Gasteiger partial charge in [-0.3, -0.25) is 5.43 Å². The van der Waals surface area contributed by atoms with Gasteiger partial charge >= 0.3 is 0 Å². The van der Waals surface area contributed by atoms with Gasteiger partial charge < -0.3 is 4.74 Å². The third-order valence-corrected chi connectivity index (χ3v) is 2.66. The topological polar surface area (TPSA) is 81.2 Å². The lowest BCUT2D eigenvalue weighted by Crippen LogP contribution is -1.97. The van der Waals surface area contributed by atoms with Crippen molar-refractivity contribution >= 4 is 11.4 Å². The number of anilines is 1. The number of benzene rings is 2. The molecule has 0 fully saturated rings. The van der Waals surface area contributed by atoms with Gasteiger partial charge in [-0.25, -0.2) is 4.39 Å². The first-order valence-electron chi connectivity index (χ1n) is 6.32. The lowest BCUT2D eigenvalue weighted by atomic mass is 10.2. The van der Waals surface area contributed by atoms with Gasteiger partial charge in [0.2, 0.25) is 5.71 Å². The standard InChI is InChI=1S/C16H11FN4O/c17-13-3-1-2-12(8-13)11-22-16-6-4-14(5-7-16)20-21-15(9-18)10-19/h1-8,20H,11H2. The monoisotopic (exact) mass is 294 g/mol. The minimum absolute atomic E-state index is 0.258. The van der Waals surface area contributed by atoms with Crippen molar-refractivity contribution in [2.45, 2.75) is 6.61 Å². The van der Waals surface area contributed by atoms with Crippen LogP contribution in [0.2, 0.25) is 0 Å². The number of hydrazone groups is 1. The molecule has 0 saturated carbocycles. The molecule has 108 valence electrons. The van der Waals surface area contributed by atoms with Crippen LogP contribution < -0.4 is 10.2 Å². The largest absolute Gasteiger partial charge is 0.489 e. The van der Waals surface area contributed by atoms with Crippen molar-refractivity contribution in [3.05, 3.63) is 59.9 Å². The Morgan fingerprint density at radius 3 is 2.50 bits per heavy atom. The Labute approximate surface area is 126 Å². The van der Waals surface area contributed by atoms with Crippen LogP contribution in [0.15, 0.2) is 53.6 Å². The number of halogens is 1. The molecule has 0 aliphatic rings. The van der Waals surface area contributed by atoms with Crippen LogP contribution in [0.25, 0.3) is 0 Å². The summed E-state index contributed by atoms with van der Waals surface area (Å²) in [5.74, 6) is 0.309.